The minimum absolute atomic E-state index is 0.0223. The summed E-state index contributed by atoms with van der Waals surface area (Å²) in [6, 6.07) is 0. The molecule has 0 saturated carbocycles. The minimum Gasteiger partial charge on any atom is -0.381 e. The van der Waals surface area contributed by atoms with Crippen LogP contribution in [-0.2, 0) is 9.53 Å². The van der Waals surface area contributed by atoms with Gasteiger partial charge in [-0.15, -0.1) is 6.58 Å². The maximum atomic E-state index is 11.9. The summed E-state index contributed by atoms with van der Waals surface area (Å²) in [5, 5.41) is 0. The van der Waals surface area contributed by atoms with Crippen molar-refractivity contribution in [1.29, 1.82) is 0 Å². The number of unbranched alkanes of at least 4 members (excludes halogenated alkanes) is 3. The topological polar surface area (TPSA) is 26.3 Å². The van der Waals surface area contributed by atoms with Gasteiger partial charge in [-0.05, 0) is 13.3 Å². The lowest BCUT2D eigenvalue weighted by Gasteiger charge is -2.21. The number of hydrogen-bond donors (Lipinski definition) is 0. The first-order chi connectivity index (χ1) is 7.67. The third-order valence-electron chi connectivity index (χ3n) is 3.07. The molecule has 0 aromatic carbocycles. The molecule has 16 heavy (non-hydrogen) atoms. The zero-order valence-corrected chi connectivity index (χ0v) is 11.0. The smallest absolute Gasteiger partial charge is 0.142 e. The maximum absolute atomic E-state index is 11.9. The van der Waals surface area contributed by atoms with E-state index < -0.39 is 0 Å². The molecule has 0 fully saturated rings. The van der Waals surface area contributed by atoms with Gasteiger partial charge in [0.1, 0.15) is 5.78 Å². The molecule has 0 aromatic heterocycles. The van der Waals surface area contributed by atoms with Crippen molar-refractivity contribution in [3.05, 3.63) is 12.7 Å². The minimum atomic E-state index is 0.0223. The number of carbonyl (C=O) groups is 1. The Kier molecular flexibility index (Phi) is 9.21. The maximum Gasteiger partial charge on any atom is 0.142 e. The summed E-state index contributed by atoms with van der Waals surface area (Å²) < 4.78 is 5.28. The molecular formula is C14H26O2. The molecular weight excluding hydrogens is 200 g/mol. The van der Waals surface area contributed by atoms with E-state index in [2.05, 4.69) is 13.5 Å². The van der Waals surface area contributed by atoms with Crippen LogP contribution in [0.3, 0.4) is 0 Å². The molecule has 0 aliphatic rings. The molecule has 2 atom stereocenters. The van der Waals surface area contributed by atoms with E-state index in [1.54, 1.807) is 13.2 Å². The van der Waals surface area contributed by atoms with Crippen molar-refractivity contribution in [2.24, 2.45) is 5.92 Å². The fraction of sp³-hybridized carbons (Fsp3) is 0.786. The molecule has 0 saturated heterocycles. The van der Waals surface area contributed by atoms with Gasteiger partial charge in [-0.3, -0.25) is 4.79 Å². The van der Waals surface area contributed by atoms with Gasteiger partial charge in [0.05, 0.1) is 6.10 Å². The summed E-state index contributed by atoms with van der Waals surface area (Å²) >= 11 is 0. The number of rotatable bonds is 10. The van der Waals surface area contributed by atoms with E-state index in [-0.39, 0.29) is 17.8 Å². The van der Waals surface area contributed by atoms with Crippen LogP contribution in [0, 0.1) is 5.92 Å². The average Bonchev–Trinajstić information content (AvgIpc) is 2.28. The van der Waals surface area contributed by atoms with Crippen LogP contribution < -0.4 is 0 Å². The van der Waals surface area contributed by atoms with Crippen LogP contribution in [-0.4, -0.2) is 19.0 Å². The number of Topliss-reactive ketones (excluding diaryl/α,β-unsaturated/α-hetero) is 1. The molecule has 0 amide bonds. The first-order valence-electron chi connectivity index (χ1n) is 6.33. The molecule has 0 aromatic rings. The number of carbonyl (C=O) groups excluding carboxylic acids is 1. The fourth-order valence-electron chi connectivity index (χ4n) is 1.91. The standard InChI is InChI=1S/C14H26O2/c1-5-7-8-9-11-13(12(3)16-4)14(15)10-6-2/h6,12-13H,2,5,7-11H2,1,3-4H3/t12-,13+/m1/s1. The van der Waals surface area contributed by atoms with Crippen LogP contribution in [0.5, 0.6) is 0 Å². The van der Waals surface area contributed by atoms with E-state index in [0.717, 1.165) is 12.8 Å². The number of methoxy groups -OCH3 is 1. The Balaban J connectivity index is 4.10. The molecule has 0 aliphatic carbocycles. The number of ether oxygens (including phenoxy) is 1. The SMILES string of the molecule is C=CCC(=O)[C@@H](CCCCCC)[C@@H](C)OC. The lowest BCUT2D eigenvalue weighted by atomic mass is 9.90. The van der Waals surface area contributed by atoms with Crippen LogP contribution >= 0.6 is 0 Å². The van der Waals surface area contributed by atoms with Crippen molar-refractivity contribution >= 4 is 5.78 Å². The highest BCUT2D eigenvalue weighted by Gasteiger charge is 2.23. The zero-order chi connectivity index (χ0) is 12.4. The van der Waals surface area contributed by atoms with E-state index in [4.69, 9.17) is 4.74 Å². The van der Waals surface area contributed by atoms with Crippen molar-refractivity contribution < 1.29 is 9.53 Å². The Morgan fingerprint density at radius 3 is 2.56 bits per heavy atom. The van der Waals surface area contributed by atoms with Gasteiger partial charge in [-0.1, -0.05) is 38.7 Å². The summed E-state index contributed by atoms with van der Waals surface area (Å²) in [7, 11) is 1.67. The molecule has 94 valence electrons. The molecule has 2 nitrogen and oxygen atoms in total. The van der Waals surface area contributed by atoms with Gasteiger partial charge in [-0.25, -0.2) is 0 Å². The van der Waals surface area contributed by atoms with Gasteiger partial charge < -0.3 is 4.74 Å². The van der Waals surface area contributed by atoms with Gasteiger partial charge in [0.15, 0.2) is 0 Å². The number of allylic oxidation sites excluding steroid dienone is 1. The van der Waals surface area contributed by atoms with Crippen molar-refractivity contribution in [2.75, 3.05) is 7.11 Å². The molecule has 0 bridgehead atoms. The van der Waals surface area contributed by atoms with E-state index in [1.165, 1.54) is 19.3 Å². The van der Waals surface area contributed by atoms with Gasteiger partial charge in [-0.2, -0.15) is 0 Å². The van der Waals surface area contributed by atoms with Gasteiger partial charge in [0, 0.05) is 19.4 Å². The first kappa shape index (κ1) is 15.4. The van der Waals surface area contributed by atoms with Crippen LogP contribution in [0.1, 0.15) is 52.4 Å². The third-order valence-corrected chi connectivity index (χ3v) is 3.07. The second kappa shape index (κ2) is 9.59. The second-order valence-electron chi connectivity index (χ2n) is 4.36. The van der Waals surface area contributed by atoms with Crippen LogP contribution in [0.2, 0.25) is 0 Å². The van der Waals surface area contributed by atoms with Crippen molar-refractivity contribution in [3.8, 4) is 0 Å². The number of hydrogen-bond acceptors (Lipinski definition) is 2. The highest BCUT2D eigenvalue weighted by atomic mass is 16.5. The van der Waals surface area contributed by atoms with Gasteiger partial charge in [0.2, 0.25) is 0 Å². The van der Waals surface area contributed by atoms with Crippen LogP contribution in [0.4, 0.5) is 0 Å². The second-order valence-corrected chi connectivity index (χ2v) is 4.36. The summed E-state index contributed by atoms with van der Waals surface area (Å²) in [5.74, 6) is 0.306. The zero-order valence-electron chi connectivity index (χ0n) is 11.0. The Morgan fingerprint density at radius 2 is 2.06 bits per heavy atom. The first-order valence-corrected chi connectivity index (χ1v) is 6.33. The Bertz CT molecular complexity index is 199. The fourth-order valence-corrected chi connectivity index (χ4v) is 1.91. The monoisotopic (exact) mass is 226 g/mol. The lowest BCUT2D eigenvalue weighted by molar-refractivity contribution is -0.126. The lowest BCUT2D eigenvalue weighted by Crippen LogP contribution is -2.27. The summed E-state index contributed by atoms with van der Waals surface area (Å²) in [5.41, 5.74) is 0. The predicted octanol–water partition coefficient (Wildman–Crippen LogP) is 3.75. The van der Waals surface area contributed by atoms with Crippen molar-refractivity contribution in [1.82, 2.24) is 0 Å². The van der Waals surface area contributed by atoms with Gasteiger partial charge in [0.25, 0.3) is 0 Å². The summed E-state index contributed by atoms with van der Waals surface area (Å²) in [4.78, 5) is 11.9. The van der Waals surface area contributed by atoms with E-state index in [9.17, 15) is 4.79 Å². The van der Waals surface area contributed by atoms with Gasteiger partial charge >= 0.3 is 0 Å². The predicted molar refractivity (Wildman–Crippen MR) is 68.5 cm³/mol. The van der Waals surface area contributed by atoms with E-state index >= 15 is 0 Å². The summed E-state index contributed by atoms with van der Waals surface area (Å²) in [6.07, 6.45) is 7.93. The molecule has 2 heteroatoms. The molecule has 0 N–H and O–H groups in total. The van der Waals surface area contributed by atoms with Crippen molar-refractivity contribution in [2.45, 2.75) is 58.5 Å². The molecule has 0 heterocycles. The quantitative estimate of drug-likeness (QED) is 0.419. The molecule has 0 spiro atoms. The summed E-state index contributed by atoms with van der Waals surface area (Å²) in [6.45, 7) is 7.79. The third kappa shape index (κ3) is 6.06. The van der Waals surface area contributed by atoms with E-state index in [1.807, 2.05) is 6.92 Å². The molecule has 0 unspecified atom stereocenters. The highest BCUT2D eigenvalue weighted by molar-refractivity contribution is 5.82. The average molecular weight is 226 g/mol. The largest absolute Gasteiger partial charge is 0.381 e. The molecule has 0 aliphatic heterocycles. The highest BCUT2D eigenvalue weighted by Crippen LogP contribution is 2.19. The van der Waals surface area contributed by atoms with Crippen LogP contribution in [0.15, 0.2) is 12.7 Å². The molecule has 0 rings (SSSR count). The Hall–Kier alpha value is -0.630. The van der Waals surface area contributed by atoms with Crippen LogP contribution in [0.25, 0.3) is 0 Å². The van der Waals surface area contributed by atoms with E-state index in [0.29, 0.717) is 6.42 Å². The Morgan fingerprint density at radius 1 is 1.38 bits per heavy atom. The normalized spacial score (nSPS) is 14.4. The number of ketones is 1. The molecule has 0 radical (unpaired) electrons. The van der Waals surface area contributed by atoms with Crippen molar-refractivity contribution in [3.63, 3.8) is 0 Å². The Labute approximate surface area is 100 Å².